The number of amides is 1. The van der Waals surface area contributed by atoms with Crippen molar-refractivity contribution in [2.75, 3.05) is 33.3 Å². The van der Waals surface area contributed by atoms with Crippen molar-refractivity contribution < 1.29 is 14.3 Å². The van der Waals surface area contributed by atoms with Crippen LogP contribution in [-0.4, -0.2) is 65.0 Å². The lowest BCUT2D eigenvalue weighted by atomic mass is 9.94. The van der Waals surface area contributed by atoms with Crippen molar-refractivity contribution in [3.05, 3.63) is 93.1 Å². The zero-order chi connectivity index (χ0) is 25.9. The van der Waals surface area contributed by atoms with E-state index >= 15 is 0 Å². The molecule has 37 heavy (non-hydrogen) atoms. The maximum atomic E-state index is 13.4. The van der Waals surface area contributed by atoms with E-state index in [0.717, 1.165) is 36.1 Å². The second-order valence-electron chi connectivity index (χ2n) is 9.26. The Bertz CT molecular complexity index is 1270. The van der Waals surface area contributed by atoms with Crippen molar-refractivity contribution in [2.45, 2.75) is 25.9 Å². The summed E-state index contributed by atoms with van der Waals surface area (Å²) in [6, 6.07) is 17.4. The number of esters is 1. The van der Waals surface area contributed by atoms with Crippen LogP contribution in [0.2, 0.25) is 5.02 Å². The molecule has 0 saturated carbocycles. The van der Waals surface area contributed by atoms with Crippen LogP contribution in [0.25, 0.3) is 0 Å². The number of rotatable bonds is 6. The second-order valence-corrected chi connectivity index (χ2v) is 10.5. The van der Waals surface area contributed by atoms with E-state index in [1.165, 1.54) is 24.4 Å². The highest BCUT2D eigenvalue weighted by Crippen LogP contribution is 2.45. The number of hydrogen-bond donors (Lipinski definition) is 0. The van der Waals surface area contributed by atoms with Gasteiger partial charge in [0.2, 0.25) is 5.91 Å². The lowest BCUT2D eigenvalue weighted by molar-refractivity contribution is -0.136. The minimum Gasteiger partial charge on any atom is -0.466 e. The fourth-order valence-electron chi connectivity index (χ4n) is 4.96. The molecule has 7 nitrogen and oxygen atoms in total. The fraction of sp³-hybridized carbons (Fsp3) is 0.321. The summed E-state index contributed by atoms with van der Waals surface area (Å²) in [6.07, 6.45) is 0.238. The first-order chi connectivity index (χ1) is 17.9. The van der Waals surface area contributed by atoms with E-state index in [-0.39, 0.29) is 12.3 Å². The Morgan fingerprint density at radius 1 is 1.05 bits per heavy atom. The summed E-state index contributed by atoms with van der Waals surface area (Å²) in [6.45, 7) is 5.78. The van der Waals surface area contributed by atoms with Crippen LogP contribution < -0.4 is 0 Å². The van der Waals surface area contributed by atoms with Gasteiger partial charge in [0.1, 0.15) is 0 Å². The van der Waals surface area contributed by atoms with Crippen LogP contribution in [0.4, 0.5) is 0 Å². The number of thioether (sulfide) groups is 1. The van der Waals surface area contributed by atoms with Crippen LogP contribution in [0, 0.1) is 0 Å². The van der Waals surface area contributed by atoms with E-state index in [1.54, 1.807) is 12.1 Å². The monoisotopic (exact) mass is 536 g/mol. The molecule has 5 rings (SSSR count). The van der Waals surface area contributed by atoms with E-state index in [4.69, 9.17) is 16.3 Å². The lowest BCUT2D eigenvalue weighted by Gasteiger charge is -2.38. The van der Waals surface area contributed by atoms with Crippen molar-refractivity contribution in [1.82, 2.24) is 14.7 Å². The predicted octanol–water partition coefficient (Wildman–Crippen LogP) is 4.82. The molecule has 0 aromatic heterocycles. The summed E-state index contributed by atoms with van der Waals surface area (Å²) in [5, 5.41) is 3.33. The Kier molecular flexibility index (Phi) is 7.69. The summed E-state index contributed by atoms with van der Waals surface area (Å²) < 4.78 is 5.12. The summed E-state index contributed by atoms with van der Waals surface area (Å²) in [5.74, 6) is -0.356. The van der Waals surface area contributed by atoms with E-state index < -0.39 is 12.0 Å². The molecule has 0 bridgehead atoms. The smallest absolute Gasteiger partial charge is 0.338 e. The van der Waals surface area contributed by atoms with Gasteiger partial charge in [-0.25, -0.2) is 9.79 Å². The summed E-state index contributed by atoms with van der Waals surface area (Å²) >= 11 is 7.62. The fourth-order valence-corrected chi connectivity index (χ4v) is 6.06. The first-order valence-electron chi connectivity index (χ1n) is 12.3. The number of allylic oxidation sites excluding steroid dienone is 1. The minimum atomic E-state index is -0.450. The largest absolute Gasteiger partial charge is 0.466 e. The van der Waals surface area contributed by atoms with Crippen LogP contribution in [0.5, 0.6) is 0 Å². The van der Waals surface area contributed by atoms with Gasteiger partial charge in [0, 0.05) is 43.4 Å². The highest BCUT2D eigenvalue weighted by atomic mass is 35.5. The van der Waals surface area contributed by atoms with Gasteiger partial charge in [0.15, 0.2) is 5.17 Å². The number of hydrogen-bond acceptors (Lipinski definition) is 7. The van der Waals surface area contributed by atoms with Crippen molar-refractivity contribution in [2.24, 2.45) is 4.99 Å². The topological polar surface area (TPSA) is 65.5 Å². The number of benzene rings is 2. The number of fused-ring (bicyclic) bond motifs is 1. The molecule has 1 fully saturated rings. The summed E-state index contributed by atoms with van der Waals surface area (Å²) in [5.41, 5.74) is 4.07. The third-order valence-corrected chi connectivity index (χ3v) is 8.04. The quantitative estimate of drug-likeness (QED) is 0.493. The Balaban J connectivity index is 1.31. The highest BCUT2D eigenvalue weighted by Gasteiger charge is 2.41. The normalized spacial score (nSPS) is 19.9. The van der Waals surface area contributed by atoms with Gasteiger partial charge in [-0.05, 0) is 35.6 Å². The Labute approximate surface area is 226 Å². The number of halogens is 1. The number of nitrogens with zero attached hydrogens (tertiary/aromatic N) is 4. The number of piperazine rings is 1. The number of carbonyl (C=O) groups is 2. The van der Waals surface area contributed by atoms with E-state index in [1.807, 2.05) is 40.3 Å². The average Bonchev–Trinajstić information content (AvgIpc) is 3.30. The Morgan fingerprint density at radius 2 is 1.76 bits per heavy atom. The minimum absolute atomic E-state index is 0.0770. The maximum Gasteiger partial charge on any atom is 0.338 e. The number of methoxy groups -OCH3 is 1. The van der Waals surface area contributed by atoms with Crippen molar-refractivity contribution >= 4 is 40.4 Å². The highest BCUT2D eigenvalue weighted by molar-refractivity contribution is 8.16. The first-order valence-corrected chi connectivity index (χ1v) is 13.5. The Hall–Kier alpha value is -3.07. The Morgan fingerprint density at radius 3 is 2.43 bits per heavy atom. The molecule has 0 radical (unpaired) electrons. The molecule has 0 N–H and O–H groups in total. The first kappa shape index (κ1) is 25.6. The van der Waals surface area contributed by atoms with Gasteiger partial charge in [-0.2, -0.15) is 0 Å². The molecule has 192 valence electrons. The third-order valence-electron chi connectivity index (χ3n) is 6.90. The molecule has 2 aromatic carbocycles. The van der Waals surface area contributed by atoms with Gasteiger partial charge in [0.25, 0.3) is 0 Å². The summed E-state index contributed by atoms with van der Waals surface area (Å²) in [4.78, 5) is 37.2. The average molecular weight is 537 g/mol. The van der Waals surface area contributed by atoms with E-state index in [9.17, 15) is 9.59 Å². The molecule has 9 heteroatoms. The molecule has 3 aliphatic rings. The molecular weight excluding hydrogens is 508 g/mol. The van der Waals surface area contributed by atoms with Crippen molar-refractivity contribution in [3.63, 3.8) is 0 Å². The molecule has 3 heterocycles. The van der Waals surface area contributed by atoms with Gasteiger partial charge in [-0.3, -0.25) is 9.69 Å². The molecule has 1 atom stereocenters. The van der Waals surface area contributed by atoms with Gasteiger partial charge in [0.05, 0.1) is 30.8 Å². The number of aliphatic imine (C=N–C) groups is 1. The zero-order valence-corrected chi connectivity index (χ0v) is 22.5. The van der Waals surface area contributed by atoms with E-state index in [0.29, 0.717) is 29.4 Å². The molecule has 2 aromatic rings. The van der Waals surface area contributed by atoms with Crippen LogP contribution in [-0.2, 0) is 20.9 Å². The molecule has 0 aliphatic carbocycles. The van der Waals surface area contributed by atoms with Gasteiger partial charge in [-0.1, -0.05) is 65.8 Å². The summed E-state index contributed by atoms with van der Waals surface area (Å²) in [7, 11) is 1.37. The van der Waals surface area contributed by atoms with Crippen LogP contribution >= 0.6 is 23.4 Å². The molecule has 3 aliphatic heterocycles. The number of carbonyl (C=O) groups excluding carboxylic acids is 2. The molecule has 1 amide bonds. The number of amidine groups is 1. The molecule has 0 spiro atoms. The lowest BCUT2D eigenvalue weighted by Crippen LogP contribution is -2.48. The SMILES string of the molecule is COC(=O)C1=C(C)N=C2SC=C(CC(=O)N3CCN(Cc4ccccc4)CC3)N2[C@H]1c1ccc(Cl)cc1. The molecule has 1 saturated heterocycles. The van der Waals surface area contributed by atoms with Crippen LogP contribution in [0.1, 0.15) is 30.5 Å². The van der Waals surface area contributed by atoms with Gasteiger partial charge < -0.3 is 14.5 Å². The predicted molar refractivity (Wildman–Crippen MR) is 147 cm³/mol. The maximum absolute atomic E-state index is 13.4. The van der Waals surface area contributed by atoms with Crippen LogP contribution in [0.3, 0.4) is 0 Å². The standard InChI is InChI=1S/C28H29ClN4O3S/c1-19-25(27(35)36-2)26(21-8-10-22(29)11-9-21)33-23(18-37-28(33)30-19)16-24(34)32-14-12-31(13-15-32)17-20-6-4-3-5-7-20/h3-11,18,26H,12-17H2,1-2H3/t26-/m0/s1. The molecule has 0 unspecified atom stereocenters. The van der Waals surface area contributed by atoms with Crippen molar-refractivity contribution in [3.8, 4) is 0 Å². The number of ether oxygens (including phenoxy) is 1. The van der Waals surface area contributed by atoms with Crippen molar-refractivity contribution in [1.29, 1.82) is 0 Å². The zero-order valence-electron chi connectivity index (χ0n) is 20.9. The molecular formula is C28H29ClN4O3S. The second kappa shape index (κ2) is 11.1. The van der Waals surface area contributed by atoms with E-state index in [2.05, 4.69) is 34.2 Å². The third kappa shape index (κ3) is 5.46. The van der Waals surface area contributed by atoms with Crippen LogP contribution in [0.15, 0.2) is 82.0 Å². The van der Waals surface area contributed by atoms with Gasteiger partial charge >= 0.3 is 5.97 Å². The van der Waals surface area contributed by atoms with Gasteiger partial charge in [-0.15, -0.1) is 0 Å².